The van der Waals surface area contributed by atoms with E-state index in [-0.39, 0.29) is 6.61 Å². The molecule has 0 fully saturated rings. The second-order valence-electron chi connectivity index (χ2n) is 2.52. The van der Waals surface area contributed by atoms with Crippen LogP contribution in [-0.2, 0) is 0 Å². The number of rotatable bonds is 2. The number of benzene rings is 1. The van der Waals surface area contributed by atoms with E-state index in [1.807, 2.05) is 37.3 Å². The quantitative estimate of drug-likeness (QED) is 0.658. The average molecular weight is 160 g/mol. The smallest absolute Gasteiger partial charge is 0.0686 e. The summed E-state index contributed by atoms with van der Waals surface area (Å²) in [4.78, 5) is 0. The second kappa shape index (κ2) is 4.55. The van der Waals surface area contributed by atoms with Gasteiger partial charge in [-0.15, -0.1) is 5.73 Å². The molecule has 0 aliphatic carbocycles. The van der Waals surface area contributed by atoms with Crippen LogP contribution < -0.4 is 0 Å². The first-order chi connectivity index (χ1) is 5.84. The molecule has 0 amide bonds. The van der Waals surface area contributed by atoms with Crippen LogP contribution >= 0.6 is 0 Å². The Morgan fingerprint density at radius 3 is 2.67 bits per heavy atom. The van der Waals surface area contributed by atoms with Crippen LogP contribution in [0.5, 0.6) is 0 Å². The molecular weight excluding hydrogens is 148 g/mol. The fraction of sp³-hybridized carbons (Fsp3) is 0.182. The van der Waals surface area contributed by atoms with Gasteiger partial charge in [-0.2, -0.15) is 0 Å². The SMILES string of the molecule is CC(=C=CCO)c1ccccc1. The normalized spacial score (nSPS) is 8.83. The highest BCUT2D eigenvalue weighted by molar-refractivity contribution is 5.62. The predicted octanol–water partition coefficient (Wildman–Crippen LogP) is 2.24. The zero-order valence-electron chi connectivity index (χ0n) is 7.12. The van der Waals surface area contributed by atoms with E-state index in [1.54, 1.807) is 6.08 Å². The second-order valence-corrected chi connectivity index (χ2v) is 2.52. The molecular formula is C11H12O. The maximum atomic E-state index is 8.53. The lowest BCUT2D eigenvalue weighted by molar-refractivity contribution is 0.343. The topological polar surface area (TPSA) is 20.2 Å². The lowest BCUT2D eigenvalue weighted by atomic mass is 10.1. The van der Waals surface area contributed by atoms with Crippen molar-refractivity contribution in [1.29, 1.82) is 0 Å². The van der Waals surface area contributed by atoms with Gasteiger partial charge in [0, 0.05) is 0 Å². The van der Waals surface area contributed by atoms with E-state index in [2.05, 4.69) is 5.73 Å². The van der Waals surface area contributed by atoms with Crippen LogP contribution in [0.3, 0.4) is 0 Å². The molecule has 1 aromatic rings. The van der Waals surface area contributed by atoms with Crippen molar-refractivity contribution in [2.45, 2.75) is 6.92 Å². The first-order valence-electron chi connectivity index (χ1n) is 3.92. The fourth-order valence-electron chi connectivity index (χ4n) is 0.970. The fourth-order valence-corrected chi connectivity index (χ4v) is 0.970. The molecule has 1 heteroatoms. The van der Waals surface area contributed by atoms with E-state index in [9.17, 15) is 0 Å². The summed E-state index contributed by atoms with van der Waals surface area (Å²) in [6.45, 7) is 2.02. The van der Waals surface area contributed by atoms with E-state index in [0.29, 0.717) is 0 Å². The summed E-state index contributed by atoms with van der Waals surface area (Å²) in [5.74, 6) is 0. The molecule has 1 rings (SSSR count). The van der Waals surface area contributed by atoms with Crippen molar-refractivity contribution >= 4 is 5.57 Å². The molecule has 0 aliphatic rings. The van der Waals surface area contributed by atoms with Crippen LogP contribution in [0.2, 0.25) is 0 Å². The van der Waals surface area contributed by atoms with Crippen LogP contribution in [-0.4, -0.2) is 11.7 Å². The Morgan fingerprint density at radius 1 is 1.42 bits per heavy atom. The summed E-state index contributed by atoms with van der Waals surface area (Å²) in [6.07, 6.45) is 1.61. The van der Waals surface area contributed by atoms with E-state index in [0.717, 1.165) is 11.1 Å². The molecule has 0 aromatic heterocycles. The van der Waals surface area contributed by atoms with Crippen molar-refractivity contribution in [3.8, 4) is 0 Å². The van der Waals surface area contributed by atoms with Crippen molar-refractivity contribution in [3.05, 3.63) is 47.7 Å². The molecule has 0 radical (unpaired) electrons. The first-order valence-corrected chi connectivity index (χ1v) is 3.92. The molecule has 0 aliphatic heterocycles. The zero-order valence-corrected chi connectivity index (χ0v) is 7.12. The van der Waals surface area contributed by atoms with Gasteiger partial charge in [0.25, 0.3) is 0 Å². The summed E-state index contributed by atoms with van der Waals surface area (Å²) in [5, 5.41) is 8.53. The predicted molar refractivity (Wildman–Crippen MR) is 50.7 cm³/mol. The highest BCUT2D eigenvalue weighted by Gasteiger charge is 1.89. The maximum absolute atomic E-state index is 8.53. The molecule has 12 heavy (non-hydrogen) atoms. The Balaban J connectivity index is 2.93. The summed E-state index contributed by atoms with van der Waals surface area (Å²) < 4.78 is 0. The van der Waals surface area contributed by atoms with Gasteiger partial charge in [0.2, 0.25) is 0 Å². The van der Waals surface area contributed by atoms with Gasteiger partial charge in [0.15, 0.2) is 0 Å². The first kappa shape index (κ1) is 8.79. The molecule has 1 N–H and O–H groups in total. The molecule has 62 valence electrons. The van der Waals surface area contributed by atoms with E-state index >= 15 is 0 Å². The largest absolute Gasteiger partial charge is 0.392 e. The molecule has 0 saturated heterocycles. The molecule has 0 atom stereocenters. The highest BCUT2D eigenvalue weighted by Crippen LogP contribution is 2.10. The van der Waals surface area contributed by atoms with Crippen LogP contribution in [0.25, 0.3) is 5.57 Å². The van der Waals surface area contributed by atoms with E-state index in [1.165, 1.54) is 0 Å². The Bertz CT molecular complexity index is 292. The molecule has 0 bridgehead atoms. The molecule has 1 aromatic carbocycles. The Labute approximate surface area is 72.7 Å². The summed E-state index contributed by atoms with van der Waals surface area (Å²) in [5.41, 5.74) is 5.18. The minimum absolute atomic E-state index is 0.0458. The number of hydrogen-bond donors (Lipinski definition) is 1. The molecule has 1 nitrogen and oxygen atoms in total. The summed E-state index contributed by atoms with van der Waals surface area (Å²) >= 11 is 0. The molecule has 0 unspecified atom stereocenters. The van der Waals surface area contributed by atoms with Crippen molar-refractivity contribution in [2.24, 2.45) is 0 Å². The standard InChI is InChI=1S/C11H12O/c1-10(6-5-9-12)11-7-3-2-4-8-11/h2-5,7-8,12H,9H2,1H3. The van der Waals surface area contributed by atoms with E-state index in [4.69, 9.17) is 5.11 Å². The third-order valence-electron chi connectivity index (χ3n) is 1.62. The lowest BCUT2D eigenvalue weighted by Gasteiger charge is -1.95. The van der Waals surface area contributed by atoms with Gasteiger partial charge in [0.05, 0.1) is 6.61 Å². The Hall–Kier alpha value is -1.30. The van der Waals surface area contributed by atoms with Gasteiger partial charge in [0.1, 0.15) is 0 Å². The molecule has 0 saturated carbocycles. The molecule has 0 heterocycles. The summed E-state index contributed by atoms with van der Waals surface area (Å²) in [7, 11) is 0. The minimum atomic E-state index is 0.0458. The van der Waals surface area contributed by atoms with Crippen LogP contribution in [0.4, 0.5) is 0 Å². The number of hydrogen-bond acceptors (Lipinski definition) is 1. The number of aliphatic hydroxyl groups excluding tert-OH is 1. The van der Waals surface area contributed by atoms with Gasteiger partial charge in [-0.3, -0.25) is 0 Å². The van der Waals surface area contributed by atoms with Crippen LogP contribution in [0.15, 0.2) is 42.1 Å². The van der Waals surface area contributed by atoms with Crippen molar-refractivity contribution in [3.63, 3.8) is 0 Å². The Kier molecular flexibility index (Phi) is 3.34. The third kappa shape index (κ3) is 2.39. The monoisotopic (exact) mass is 160 g/mol. The van der Waals surface area contributed by atoms with Crippen molar-refractivity contribution in [1.82, 2.24) is 0 Å². The lowest BCUT2D eigenvalue weighted by Crippen LogP contribution is -1.75. The van der Waals surface area contributed by atoms with Gasteiger partial charge < -0.3 is 5.11 Å². The van der Waals surface area contributed by atoms with Gasteiger partial charge in [-0.25, -0.2) is 0 Å². The van der Waals surface area contributed by atoms with Gasteiger partial charge in [-0.1, -0.05) is 30.3 Å². The van der Waals surface area contributed by atoms with Gasteiger partial charge in [-0.05, 0) is 24.1 Å². The Morgan fingerprint density at radius 2 is 2.08 bits per heavy atom. The highest BCUT2D eigenvalue weighted by atomic mass is 16.2. The van der Waals surface area contributed by atoms with Gasteiger partial charge >= 0.3 is 0 Å². The zero-order chi connectivity index (χ0) is 8.81. The number of aliphatic hydroxyl groups is 1. The van der Waals surface area contributed by atoms with E-state index < -0.39 is 0 Å². The van der Waals surface area contributed by atoms with Crippen molar-refractivity contribution < 1.29 is 5.11 Å². The third-order valence-corrected chi connectivity index (χ3v) is 1.62. The van der Waals surface area contributed by atoms with Crippen LogP contribution in [0.1, 0.15) is 12.5 Å². The average Bonchev–Trinajstić information content (AvgIpc) is 2.15. The molecule has 0 spiro atoms. The van der Waals surface area contributed by atoms with Crippen molar-refractivity contribution in [2.75, 3.05) is 6.61 Å². The summed E-state index contributed by atoms with van der Waals surface area (Å²) in [6, 6.07) is 9.99. The minimum Gasteiger partial charge on any atom is -0.392 e. The van der Waals surface area contributed by atoms with Crippen LogP contribution in [0, 0.1) is 0 Å². The maximum Gasteiger partial charge on any atom is 0.0686 e.